The number of carbonyl (C=O) groups is 2. The van der Waals surface area contributed by atoms with Gasteiger partial charge in [-0.15, -0.1) is 0 Å². The number of aliphatic hydroxyl groups excluding tert-OH is 1. The van der Waals surface area contributed by atoms with E-state index in [9.17, 15) is 19.8 Å². The Hall–Kier alpha value is -4.74. The number of carbonyl (C=O) groups excluding carboxylic acids is 1. The van der Waals surface area contributed by atoms with E-state index in [2.05, 4.69) is 22.1 Å². The fraction of sp³-hybridized carbons (Fsp3) is 0.200. The second-order valence-electron chi connectivity index (χ2n) is 9.08. The zero-order valence-corrected chi connectivity index (χ0v) is 21.0. The number of aromatic carboxylic acids is 1. The number of H-pyrrole nitrogens is 1. The number of ether oxygens (including phenoxy) is 1. The molecule has 8 heteroatoms. The molecule has 1 amide bonds. The first-order valence-corrected chi connectivity index (χ1v) is 12.1. The number of aliphatic hydroxyl groups is 1. The summed E-state index contributed by atoms with van der Waals surface area (Å²) in [6.07, 6.45) is 2.13. The zero-order valence-electron chi connectivity index (χ0n) is 21.0. The van der Waals surface area contributed by atoms with E-state index in [1.165, 1.54) is 12.1 Å². The number of carboxylic acid groups (broad SMARTS) is 1. The molecule has 3 aromatic carbocycles. The minimum atomic E-state index is -1.15. The maximum atomic E-state index is 13.3. The number of aromatic nitrogens is 1. The lowest BCUT2D eigenvalue weighted by atomic mass is 10.0. The van der Waals surface area contributed by atoms with Crippen molar-refractivity contribution in [2.75, 3.05) is 6.61 Å². The Bertz CT molecular complexity index is 1540. The predicted octanol–water partition coefficient (Wildman–Crippen LogP) is 4.09. The standard InChI is InChI=1S/C30H28N2O6/c1-18(2)38-28-12-8-19(7-9-20-10-11-21(30(36)37)15-27(20)34)13-25(28)29(35)32-23(17-33)14-22-16-31-26-6-4-3-5-24(22)26/h3-6,8,10-13,15-16,18,23,31,33-34H,14,17H2,1-2H3,(H,32,35)(H,36,37)/t23-/m1/s1. The molecule has 1 aromatic heterocycles. The number of phenolic OH excluding ortho intramolecular Hbond substituents is 1. The van der Waals surface area contributed by atoms with Crippen LogP contribution >= 0.6 is 0 Å². The number of aromatic hydroxyl groups is 1. The Morgan fingerprint density at radius 1 is 1.05 bits per heavy atom. The van der Waals surface area contributed by atoms with E-state index in [1.54, 1.807) is 18.2 Å². The Morgan fingerprint density at radius 3 is 2.55 bits per heavy atom. The van der Waals surface area contributed by atoms with Crippen molar-refractivity contribution in [3.05, 3.63) is 94.7 Å². The van der Waals surface area contributed by atoms with Gasteiger partial charge in [0, 0.05) is 22.7 Å². The van der Waals surface area contributed by atoms with Crippen LogP contribution in [-0.4, -0.2) is 50.9 Å². The molecule has 0 unspecified atom stereocenters. The van der Waals surface area contributed by atoms with E-state index in [-0.39, 0.29) is 35.2 Å². The number of phenols is 1. The lowest BCUT2D eigenvalue weighted by Gasteiger charge is -2.19. The average molecular weight is 513 g/mol. The third-order valence-corrected chi connectivity index (χ3v) is 5.87. The van der Waals surface area contributed by atoms with Crippen molar-refractivity contribution in [1.29, 1.82) is 0 Å². The highest BCUT2D eigenvalue weighted by atomic mass is 16.5. The second kappa shape index (κ2) is 11.5. The SMILES string of the molecule is CC(C)Oc1ccc(C#Cc2ccc(C(=O)O)cc2O)cc1C(=O)N[C@@H](CO)Cc1c[nH]c2ccccc12. The first-order chi connectivity index (χ1) is 18.2. The van der Waals surface area contributed by atoms with E-state index in [0.717, 1.165) is 22.5 Å². The van der Waals surface area contributed by atoms with E-state index in [1.807, 2.05) is 44.3 Å². The van der Waals surface area contributed by atoms with Crippen LogP contribution in [0.4, 0.5) is 0 Å². The number of hydrogen-bond donors (Lipinski definition) is 5. The molecular formula is C30H28N2O6. The van der Waals surface area contributed by atoms with Crippen molar-refractivity contribution in [3.8, 4) is 23.3 Å². The van der Waals surface area contributed by atoms with Crippen LogP contribution in [-0.2, 0) is 6.42 Å². The number of fused-ring (bicyclic) bond motifs is 1. The number of aromatic amines is 1. The van der Waals surface area contributed by atoms with Gasteiger partial charge in [0.2, 0.25) is 0 Å². The number of carboxylic acids is 1. The Balaban J connectivity index is 1.59. The van der Waals surface area contributed by atoms with E-state index >= 15 is 0 Å². The lowest BCUT2D eigenvalue weighted by molar-refractivity contribution is 0.0696. The minimum absolute atomic E-state index is 0.0479. The largest absolute Gasteiger partial charge is 0.507 e. The maximum absolute atomic E-state index is 13.3. The molecule has 0 aliphatic rings. The smallest absolute Gasteiger partial charge is 0.335 e. The predicted molar refractivity (Wildman–Crippen MR) is 144 cm³/mol. The molecule has 0 spiro atoms. The third kappa shape index (κ3) is 6.14. The van der Waals surface area contributed by atoms with E-state index < -0.39 is 17.9 Å². The van der Waals surface area contributed by atoms with E-state index in [4.69, 9.17) is 9.84 Å². The quantitative estimate of drug-likeness (QED) is 0.226. The molecule has 4 rings (SSSR count). The van der Waals surface area contributed by atoms with Crippen molar-refractivity contribution in [2.24, 2.45) is 0 Å². The summed E-state index contributed by atoms with van der Waals surface area (Å²) in [5.74, 6) is 4.27. The van der Waals surface area contributed by atoms with E-state index in [0.29, 0.717) is 17.7 Å². The van der Waals surface area contributed by atoms with Crippen molar-refractivity contribution >= 4 is 22.8 Å². The van der Waals surface area contributed by atoms with Gasteiger partial charge in [-0.25, -0.2) is 4.79 Å². The molecule has 8 nitrogen and oxygen atoms in total. The highest BCUT2D eigenvalue weighted by Gasteiger charge is 2.20. The van der Waals surface area contributed by atoms with Crippen LogP contribution in [0.15, 0.2) is 66.9 Å². The number of nitrogens with one attached hydrogen (secondary N) is 2. The van der Waals surface area contributed by atoms with Gasteiger partial charge < -0.3 is 30.4 Å². The summed E-state index contributed by atoms with van der Waals surface area (Å²) >= 11 is 0. The number of hydrogen-bond acceptors (Lipinski definition) is 5. The summed E-state index contributed by atoms with van der Waals surface area (Å²) in [7, 11) is 0. The molecule has 0 saturated carbocycles. The summed E-state index contributed by atoms with van der Waals surface area (Å²) in [6, 6.07) is 16.1. The molecule has 0 radical (unpaired) electrons. The summed E-state index contributed by atoms with van der Waals surface area (Å²) in [5.41, 5.74) is 2.91. The number of benzene rings is 3. The van der Waals surface area contributed by atoms with Crippen molar-refractivity contribution in [3.63, 3.8) is 0 Å². The lowest BCUT2D eigenvalue weighted by Crippen LogP contribution is -2.39. The summed E-state index contributed by atoms with van der Waals surface area (Å²) < 4.78 is 5.85. The minimum Gasteiger partial charge on any atom is -0.507 e. The van der Waals surface area contributed by atoms with Crippen LogP contribution in [0.2, 0.25) is 0 Å². The van der Waals surface area contributed by atoms with Crippen LogP contribution < -0.4 is 10.1 Å². The Labute approximate surface area is 219 Å². The van der Waals surface area contributed by atoms with Crippen molar-refractivity contribution in [2.45, 2.75) is 32.4 Å². The average Bonchev–Trinajstić information content (AvgIpc) is 3.30. The molecule has 0 fully saturated rings. The number of rotatable bonds is 8. The molecule has 194 valence electrons. The summed E-state index contributed by atoms with van der Waals surface area (Å²) in [6.45, 7) is 3.45. The fourth-order valence-electron chi connectivity index (χ4n) is 4.04. The Morgan fingerprint density at radius 2 is 1.84 bits per heavy atom. The molecular weight excluding hydrogens is 484 g/mol. The van der Waals surface area contributed by atoms with Gasteiger partial charge in [-0.2, -0.15) is 0 Å². The first-order valence-electron chi connectivity index (χ1n) is 12.1. The molecule has 1 atom stereocenters. The molecule has 1 heterocycles. The van der Waals surface area contributed by atoms with Crippen molar-refractivity contribution in [1.82, 2.24) is 10.3 Å². The topological polar surface area (TPSA) is 132 Å². The molecule has 4 aromatic rings. The number of para-hydroxylation sites is 1. The Kier molecular flexibility index (Phi) is 8.00. The highest BCUT2D eigenvalue weighted by molar-refractivity contribution is 5.97. The summed E-state index contributed by atoms with van der Waals surface area (Å²) in [4.78, 5) is 27.6. The van der Waals surface area contributed by atoms with Crippen molar-refractivity contribution < 1.29 is 29.6 Å². The van der Waals surface area contributed by atoms with Gasteiger partial charge in [-0.3, -0.25) is 4.79 Å². The summed E-state index contributed by atoms with van der Waals surface area (Å²) in [5, 5.41) is 33.1. The fourth-order valence-corrected chi connectivity index (χ4v) is 4.04. The van der Waals surface area contributed by atoms with Crippen LogP contribution in [0.5, 0.6) is 11.5 Å². The third-order valence-electron chi connectivity index (χ3n) is 5.87. The van der Waals surface area contributed by atoms with Gasteiger partial charge in [-0.1, -0.05) is 30.0 Å². The molecule has 0 aliphatic heterocycles. The van der Waals surface area contributed by atoms with Crippen LogP contribution in [0.3, 0.4) is 0 Å². The van der Waals surface area contributed by atoms with Gasteiger partial charge >= 0.3 is 5.97 Å². The van der Waals surface area contributed by atoms with Crippen LogP contribution in [0.1, 0.15) is 51.3 Å². The van der Waals surface area contributed by atoms with Gasteiger partial charge in [0.1, 0.15) is 11.5 Å². The second-order valence-corrected chi connectivity index (χ2v) is 9.08. The molecule has 5 N–H and O–H groups in total. The zero-order chi connectivity index (χ0) is 27.2. The molecule has 0 aliphatic carbocycles. The van der Waals surface area contributed by atoms with Gasteiger partial charge in [0.15, 0.2) is 0 Å². The molecule has 38 heavy (non-hydrogen) atoms. The number of amides is 1. The van der Waals surface area contributed by atoms with Crippen LogP contribution in [0.25, 0.3) is 10.9 Å². The highest BCUT2D eigenvalue weighted by Crippen LogP contribution is 2.24. The molecule has 0 saturated heterocycles. The molecule has 0 bridgehead atoms. The maximum Gasteiger partial charge on any atom is 0.335 e. The van der Waals surface area contributed by atoms with Gasteiger partial charge in [0.25, 0.3) is 5.91 Å². The monoisotopic (exact) mass is 512 g/mol. The first kappa shape index (κ1) is 26.3. The normalized spacial score (nSPS) is 11.6. The van der Waals surface area contributed by atoms with Crippen LogP contribution in [0, 0.1) is 11.8 Å². The van der Waals surface area contributed by atoms with Gasteiger partial charge in [0.05, 0.1) is 35.4 Å². The van der Waals surface area contributed by atoms with Gasteiger partial charge in [-0.05, 0) is 68.3 Å².